The van der Waals surface area contributed by atoms with Gasteiger partial charge in [-0.3, -0.25) is 0 Å². The Morgan fingerprint density at radius 3 is 1.93 bits per heavy atom. The fraction of sp³-hybridized carbons (Fsp3) is 0.474. The molecule has 1 aromatic heterocycles. The molecule has 0 N–H and O–H groups in total. The van der Waals surface area contributed by atoms with Crippen molar-refractivity contribution in [3.8, 4) is 11.5 Å². The van der Waals surface area contributed by atoms with Gasteiger partial charge in [-0.05, 0) is 65.8 Å². The van der Waals surface area contributed by atoms with Gasteiger partial charge in [0.15, 0.2) is 0 Å². The highest BCUT2D eigenvalue weighted by atomic mass is 79.9. The lowest BCUT2D eigenvalue weighted by Gasteiger charge is -2.27. The van der Waals surface area contributed by atoms with Crippen LogP contribution in [0.1, 0.15) is 47.4 Å². The van der Waals surface area contributed by atoms with Gasteiger partial charge in [-0.25, -0.2) is 14.5 Å². The number of carbonyl (C=O) groups is 2. The number of hydrogen-bond acceptors (Lipinski definition) is 7. The summed E-state index contributed by atoms with van der Waals surface area (Å²) in [6, 6.07) is 7.29. The largest absolute Gasteiger partial charge is 0.443 e. The third kappa shape index (κ3) is 6.63. The standard InChI is InChI=1S/C19H24BrN3O5/c1-18(2,3)27-16(24)23(17(25)28-19(4,5)6)11-14-21-22-15(26-14)12-7-9-13(20)10-8-12/h7-10H,11H2,1-6H3. The first-order chi connectivity index (χ1) is 12.8. The molecule has 0 saturated carbocycles. The second kappa shape index (κ2) is 8.30. The van der Waals surface area contributed by atoms with Crippen molar-refractivity contribution in [2.75, 3.05) is 0 Å². The number of carbonyl (C=O) groups excluding carboxylic acids is 2. The van der Waals surface area contributed by atoms with Crippen LogP contribution in [-0.2, 0) is 16.0 Å². The summed E-state index contributed by atoms with van der Waals surface area (Å²) in [6.45, 7) is 9.96. The lowest BCUT2D eigenvalue weighted by atomic mass is 10.2. The van der Waals surface area contributed by atoms with Crippen molar-refractivity contribution in [2.45, 2.75) is 59.3 Å². The third-order valence-corrected chi connectivity index (χ3v) is 3.61. The molecular formula is C19H24BrN3O5. The van der Waals surface area contributed by atoms with Gasteiger partial charge < -0.3 is 13.9 Å². The average Bonchev–Trinajstić information content (AvgIpc) is 2.98. The minimum absolute atomic E-state index is 0.0784. The van der Waals surface area contributed by atoms with Gasteiger partial charge in [0.1, 0.15) is 17.7 Å². The first kappa shape index (κ1) is 21.9. The normalized spacial score (nSPS) is 11.8. The van der Waals surface area contributed by atoms with Crippen molar-refractivity contribution in [1.82, 2.24) is 15.1 Å². The maximum atomic E-state index is 12.5. The number of amides is 2. The highest BCUT2D eigenvalue weighted by Gasteiger charge is 2.32. The van der Waals surface area contributed by atoms with Crippen molar-refractivity contribution in [2.24, 2.45) is 0 Å². The predicted molar refractivity (Wildman–Crippen MR) is 105 cm³/mol. The average molecular weight is 454 g/mol. The molecule has 0 unspecified atom stereocenters. The first-order valence-electron chi connectivity index (χ1n) is 8.66. The molecule has 28 heavy (non-hydrogen) atoms. The quantitative estimate of drug-likeness (QED) is 0.631. The minimum atomic E-state index is -0.856. The Morgan fingerprint density at radius 2 is 1.46 bits per heavy atom. The SMILES string of the molecule is CC(C)(C)OC(=O)N(Cc1nnc(-c2ccc(Br)cc2)o1)C(=O)OC(C)(C)C. The molecule has 2 aromatic rings. The number of rotatable bonds is 3. The molecule has 0 fully saturated rings. The Kier molecular flexibility index (Phi) is 6.48. The Labute approximate surface area is 172 Å². The van der Waals surface area contributed by atoms with E-state index >= 15 is 0 Å². The summed E-state index contributed by atoms with van der Waals surface area (Å²) in [5.74, 6) is 0.352. The monoisotopic (exact) mass is 453 g/mol. The molecule has 8 nitrogen and oxygen atoms in total. The molecule has 0 atom stereocenters. The van der Waals surface area contributed by atoms with E-state index in [4.69, 9.17) is 13.9 Å². The van der Waals surface area contributed by atoms with Gasteiger partial charge in [-0.2, -0.15) is 0 Å². The molecular weight excluding hydrogens is 430 g/mol. The van der Waals surface area contributed by atoms with E-state index in [2.05, 4.69) is 26.1 Å². The zero-order chi connectivity index (χ0) is 21.1. The van der Waals surface area contributed by atoms with Crippen LogP contribution >= 0.6 is 15.9 Å². The zero-order valence-corrected chi connectivity index (χ0v) is 18.4. The van der Waals surface area contributed by atoms with Gasteiger partial charge in [0.25, 0.3) is 0 Å². The fourth-order valence-corrected chi connectivity index (χ4v) is 2.26. The van der Waals surface area contributed by atoms with Crippen LogP contribution in [-0.4, -0.2) is 38.5 Å². The van der Waals surface area contributed by atoms with Crippen LogP contribution in [0.2, 0.25) is 0 Å². The highest BCUT2D eigenvalue weighted by Crippen LogP contribution is 2.22. The van der Waals surface area contributed by atoms with Crippen LogP contribution in [0.4, 0.5) is 9.59 Å². The first-order valence-corrected chi connectivity index (χ1v) is 9.45. The number of halogens is 1. The molecule has 0 aliphatic heterocycles. The lowest BCUT2D eigenvalue weighted by Crippen LogP contribution is -2.43. The molecule has 2 rings (SSSR count). The fourth-order valence-electron chi connectivity index (χ4n) is 2.00. The Balaban J connectivity index is 2.23. The Hall–Kier alpha value is -2.42. The summed E-state index contributed by atoms with van der Waals surface area (Å²) in [6.07, 6.45) is -1.71. The molecule has 0 radical (unpaired) electrons. The van der Waals surface area contributed by atoms with Crippen molar-refractivity contribution < 1.29 is 23.5 Å². The molecule has 0 aliphatic rings. The molecule has 0 aliphatic carbocycles. The molecule has 0 bridgehead atoms. The van der Waals surface area contributed by atoms with Gasteiger partial charge in [0.05, 0.1) is 0 Å². The maximum absolute atomic E-state index is 12.5. The molecule has 1 heterocycles. The van der Waals surface area contributed by atoms with Gasteiger partial charge in [0.2, 0.25) is 11.8 Å². The highest BCUT2D eigenvalue weighted by molar-refractivity contribution is 9.10. The van der Waals surface area contributed by atoms with Crippen LogP contribution in [0.15, 0.2) is 33.2 Å². The second-order valence-corrected chi connectivity index (χ2v) is 8.97. The molecule has 9 heteroatoms. The van der Waals surface area contributed by atoms with E-state index in [1.807, 2.05) is 12.1 Å². The lowest BCUT2D eigenvalue weighted by molar-refractivity contribution is -0.00173. The van der Waals surface area contributed by atoms with E-state index < -0.39 is 23.4 Å². The van der Waals surface area contributed by atoms with Crippen molar-refractivity contribution >= 4 is 28.1 Å². The number of benzene rings is 1. The van der Waals surface area contributed by atoms with Crippen molar-refractivity contribution in [1.29, 1.82) is 0 Å². The van der Waals surface area contributed by atoms with Crippen LogP contribution in [0.5, 0.6) is 0 Å². The van der Waals surface area contributed by atoms with E-state index in [1.165, 1.54) is 0 Å². The summed E-state index contributed by atoms with van der Waals surface area (Å²) >= 11 is 3.36. The molecule has 1 aromatic carbocycles. The third-order valence-electron chi connectivity index (χ3n) is 3.08. The van der Waals surface area contributed by atoms with E-state index in [1.54, 1.807) is 53.7 Å². The van der Waals surface area contributed by atoms with Crippen LogP contribution < -0.4 is 0 Å². The number of nitrogens with zero attached hydrogens (tertiary/aromatic N) is 3. The maximum Gasteiger partial charge on any atom is 0.420 e. The summed E-state index contributed by atoms with van der Waals surface area (Å²) < 4.78 is 17.1. The van der Waals surface area contributed by atoms with Crippen LogP contribution in [0, 0.1) is 0 Å². The van der Waals surface area contributed by atoms with Crippen LogP contribution in [0.3, 0.4) is 0 Å². The van der Waals surface area contributed by atoms with E-state index in [0.717, 1.165) is 9.37 Å². The van der Waals surface area contributed by atoms with Gasteiger partial charge in [-0.15, -0.1) is 10.2 Å². The van der Waals surface area contributed by atoms with Crippen molar-refractivity contribution in [3.63, 3.8) is 0 Å². The topological polar surface area (TPSA) is 94.8 Å². The summed E-state index contributed by atoms with van der Waals surface area (Å²) in [4.78, 5) is 25.8. The van der Waals surface area contributed by atoms with Gasteiger partial charge >= 0.3 is 12.2 Å². The van der Waals surface area contributed by atoms with Crippen molar-refractivity contribution in [3.05, 3.63) is 34.6 Å². The molecule has 0 saturated heterocycles. The number of ether oxygens (including phenoxy) is 2. The predicted octanol–water partition coefficient (Wildman–Crippen LogP) is 5.17. The number of imide groups is 1. The Morgan fingerprint density at radius 1 is 0.964 bits per heavy atom. The summed E-state index contributed by atoms with van der Waals surface area (Å²) in [5.41, 5.74) is -0.855. The summed E-state index contributed by atoms with van der Waals surface area (Å²) in [7, 11) is 0. The van der Waals surface area contributed by atoms with E-state index in [-0.39, 0.29) is 18.3 Å². The minimum Gasteiger partial charge on any atom is -0.443 e. The molecule has 0 spiro atoms. The Bertz CT molecular complexity index is 806. The smallest absolute Gasteiger partial charge is 0.420 e. The molecule has 2 amide bonds. The van der Waals surface area contributed by atoms with E-state index in [9.17, 15) is 9.59 Å². The van der Waals surface area contributed by atoms with Gasteiger partial charge in [0, 0.05) is 10.0 Å². The van der Waals surface area contributed by atoms with E-state index in [0.29, 0.717) is 5.56 Å². The second-order valence-electron chi connectivity index (χ2n) is 8.05. The number of hydrogen-bond donors (Lipinski definition) is 0. The molecule has 152 valence electrons. The number of aromatic nitrogens is 2. The van der Waals surface area contributed by atoms with Gasteiger partial charge in [-0.1, -0.05) is 15.9 Å². The summed E-state index contributed by atoms with van der Waals surface area (Å²) in [5, 5.41) is 7.90. The van der Waals surface area contributed by atoms with Crippen LogP contribution in [0.25, 0.3) is 11.5 Å². The zero-order valence-electron chi connectivity index (χ0n) is 16.8.